The molecule has 0 aliphatic carbocycles. The molecule has 0 spiro atoms. The van der Waals surface area contributed by atoms with Crippen LogP contribution in [0.15, 0.2) is 0 Å². The van der Waals surface area contributed by atoms with Gasteiger partial charge < -0.3 is 15.7 Å². The van der Waals surface area contributed by atoms with Gasteiger partial charge in [-0.2, -0.15) is 0 Å². The highest BCUT2D eigenvalue weighted by Crippen LogP contribution is 2.12. The standard InChI is InChI=1S/C13H28N2O2/c1-5-13(17,6-2)10-14-9-12(16)15-8-7-11(3)4/h11,14,17H,5-10H2,1-4H3,(H,15,16). The summed E-state index contributed by atoms with van der Waals surface area (Å²) < 4.78 is 0. The summed E-state index contributed by atoms with van der Waals surface area (Å²) in [6.45, 7) is 9.64. The van der Waals surface area contributed by atoms with E-state index in [-0.39, 0.29) is 12.5 Å². The Labute approximate surface area is 105 Å². The maximum atomic E-state index is 11.4. The molecular weight excluding hydrogens is 216 g/mol. The van der Waals surface area contributed by atoms with Gasteiger partial charge in [-0.3, -0.25) is 4.79 Å². The van der Waals surface area contributed by atoms with E-state index in [1.54, 1.807) is 0 Å². The molecule has 0 aromatic heterocycles. The molecule has 0 atom stereocenters. The molecule has 0 saturated carbocycles. The molecule has 1 amide bonds. The van der Waals surface area contributed by atoms with Crippen molar-refractivity contribution in [2.75, 3.05) is 19.6 Å². The highest BCUT2D eigenvalue weighted by atomic mass is 16.3. The fraction of sp³-hybridized carbons (Fsp3) is 0.923. The monoisotopic (exact) mass is 244 g/mol. The highest BCUT2D eigenvalue weighted by Gasteiger charge is 2.21. The third kappa shape index (κ3) is 8.16. The van der Waals surface area contributed by atoms with E-state index in [1.165, 1.54) is 0 Å². The van der Waals surface area contributed by atoms with Gasteiger partial charge in [-0.15, -0.1) is 0 Å². The third-order valence-corrected chi connectivity index (χ3v) is 3.10. The largest absolute Gasteiger partial charge is 0.389 e. The van der Waals surface area contributed by atoms with Crippen LogP contribution in [-0.4, -0.2) is 36.2 Å². The second kappa shape index (κ2) is 8.48. The first-order valence-electron chi connectivity index (χ1n) is 6.63. The van der Waals surface area contributed by atoms with Crippen molar-refractivity contribution < 1.29 is 9.90 Å². The second-order valence-corrected chi connectivity index (χ2v) is 5.07. The average molecular weight is 244 g/mol. The lowest BCUT2D eigenvalue weighted by molar-refractivity contribution is -0.120. The van der Waals surface area contributed by atoms with Crippen molar-refractivity contribution in [1.29, 1.82) is 0 Å². The first kappa shape index (κ1) is 16.4. The predicted molar refractivity (Wildman–Crippen MR) is 70.9 cm³/mol. The lowest BCUT2D eigenvalue weighted by Crippen LogP contribution is -2.43. The number of carbonyl (C=O) groups is 1. The SMILES string of the molecule is CCC(O)(CC)CNCC(=O)NCCC(C)C. The second-order valence-electron chi connectivity index (χ2n) is 5.07. The molecule has 0 heterocycles. The van der Waals surface area contributed by atoms with Crippen molar-refractivity contribution in [3.05, 3.63) is 0 Å². The van der Waals surface area contributed by atoms with Gasteiger partial charge in [0.2, 0.25) is 5.91 Å². The van der Waals surface area contributed by atoms with Crippen LogP contribution in [0.3, 0.4) is 0 Å². The zero-order valence-electron chi connectivity index (χ0n) is 11.7. The summed E-state index contributed by atoms with van der Waals surface area (Å²) in [6, 6.07) is 0. The minimum atomic E-state index is -0.682. The Bertz CT molecular complexity index is 213. The normalized spacial score (nSPS) is 11.9. The predicted octanol–water partition coefficient (Wildman–Crippen LogP) is 1.29. The van der Waals surface area contributed by atoms with Gasteiger partial charge in [-0.1, -0.05) is 27.7 Å². The van der Waals surface area contributed by atoms with Gasteiger partial charge in [-0.05, 0) is 25.2 Å². The summed E-state index contributed by atoms with van der Waals surface area (Å²) in [5, 5.41) is 15.9. The first-order valence-corrected chi connectivity index (χ1v) is 6.63. The highest BCUT2D eigenvalue weighted by molar-refractivity contribution is 5.77. The summed E-state index contributed by atoms with van der Waals surface area (Å²) in [7, 11) is 0. The van der Waals surface area contributed by atoms with Gasteiger partial charge in [0, 0.05) is 13.1 Å². The Kier molecular flexibility index (Phi) is 8.17. The smallest absolute Gasteiger partial charge is 0.233 e. The van der Waals surface area contributed by atoms with Crippen molar-refractivity contribution in [3.63, 3.8) is 0 Å². The quantitative estimate of drug-likeness (QED) is 0.573. The minimum absolute atomic E-state index is 0.000191. The van der Waals surface area contributed by atoms with Gasteiger partial charge >= 0.3 is 0 Å². The van der Waals surface area contributed by atoms with E-state index in [9.17, 15) is 9.90 Å². The van der Waals surface area contributed by atoms with E-state index in [0.29, 0.717) is 25.3 Å². The third-order valence-electron chi connectivity index (χ3n) is 3.10. The fourth-order valence-electron chi connectivity index (χ4n) is 1.47. The number of amides is 1. The molecular formula is C13H28N2O2. The molecule has 4 nitrogen and oxygen atoms in total. The molecule has 4 heteroatoms. The molecule has 0 rings (SSSR count). The maximum absolute atomic E-state index is 11.4. The molecule has 0 aromatic rings. The van der Waals surface area contributed by atoms with Crippen LogP contribution in [0.2, 0.25) is 0 Å². The van der Waals surface area contributed by atoms with Crippen molar-refractivity contribution in [2.24, 2.45) is 5.92 Å². The summed E-state index contributed by atoms with van der Waals surface area (Å²) in [4.78, 5) is 11.4. The molecule has 0 aliphatic heterocycles. The molecule has 0 radical (unpaired) electrons. The van der Waals surface area contributed by atoms with Crippen LogP contribution in [0.25, 0.3) is 0 Å². The van der Waals surface area contributed by atoms with Crippen molar-refractivity contribution in [1.82, 2.24) is 10.6 Å². The maximum Gasteiger partial charge on any atom is 0.233 e. The Morgan fingerprint density at radius 1 is 1.29 bits per heavy atom. The zero-order chi connectivity index (χ0) is 13.3. The molecule has 0 saturated heterocycles. The number of hydrogen-bond acceptors (Lipinski definition) is 3. The molecule has 0 bridgehead atoms. The lowest BCUT2D eigenvalue weighted by atomic mass is 9.98. The molecule has 102 valence electrons. The van der Waals surface area contributed by atoms with Crippen LogP contribution in [0.4, 0.5) is 0 Å². The van der Waals surface area contributed by atoms with Gasteiger partial charge in [0.15, 0.2) is 0 Å². The molecule has 0 unspecified atom stereocenters. The number of aliphatic hydroxyl groups is 1. The molecule has 0 aromatic carbocycles. The van der Waals surface area contributed by atoms with E-state index < -0.39 is 5.60 Å². The van der Waals surface area contributed by atoms with Crippen molar-refractivity contribution in [3.8, 4) is 0 Å². The number of carbonyl (C=O) groups excluding carboxylic acids is 1. The van der Waals surface area contributed by atoms with Crippen molar-refractivity contribution >= 4 is 5.91 Å². The van der Waals surface area contributed by atoms with E-state index >= 15 is 0 Å². The molecule has 3 N–H and O–H groups in total. The molecule has 0 aliphatic rings. The van der Waals surface area contributed by atoms with Crippen LogP contribution >= 0.6 is 0 Å². The Balaban J connectivity index is 3.64. The van der Waals surface area contributed by atoms with Crippen LogP contribution in [0.1, 0.15) is 47.0 Å². The topological polar surface area (TPSA) is 61.4 Å². The van der Waals surface area contributed by atoms with Crippen LogP contribution in [0, 0.1) is 5.92 Å². The molecule has 17 heavy (non-hydrogen) atoms. The summed E-state index contributed by atoms with van der Waals surface area (Å²) >= 11 is 0. The van der Waals surface area contributed by atoms with E-state index in [1.807, 2.05) is 13.8 Å². The summed E-state index contributed by atoms with van der Waals surface area (Å²) in [6.07, 6.45) is 2.40. The van der Waals surface area contributed by atoms with Gasteiger partial charge in [0.05, 0.1) is 12.1 Å². The van der Waals surface area contributed by atoms with Crippen molar-refractivity contribution in [2.45, 2.75) is 52.6 Å². The zero-order valence-corrected chi connectivity index (χ0v) is 11.7. The lowest BCUT2D eigenvalue weighted by Gasteiger charge is -2.25. The van der Waals surface area contributed by atoms with Crippen LogP contribution < -0.4 is 10.6 Å². The van der Waals surface area contributed by atoms with Gasteiger partial charge in [0.1, 0.15) is 0 Å². The van der Waals surface area contributed by atoms with E-state index in [4.69, 9.17) is 0 Å². The summed E-state index contributed by atoms with van der Waals surface area (Å²) in [5.41, 5.74) is -0.682. The number of nitrogens with one attached hydrogen (secondary N) is 2. The van der Waals surface area contributed by atoms with Gasteiger partial charge in [-0.25, -0.2) is 0 Å². The first-order chi connectivity index (χ1) is 7.93. The number of hydrogen-bond donors (Lipinski definition) is 3. The average Bonchev–Trinajstić information content (AvgIpc) is 2.28. The summed E-state index contributed by atoms with van der Waals surface area (Å²) in [5.74, 6) is 0.605. The van der Waals surface area contributed by atoms with Crippen LogP contribution in [-0.2, 0) is 4.79 Å². The Morgan fingerprint density at radius 2 is 1.88 bits per heavy atom. The minimum Gasteiger partial charge on any atom is -0.389 e. The molecule has 0 fully saturated rings. The van der Waals surface area contributed by atoms with E-state index in [2.05, 4.69) is 24.5 Å². The fourth-order valence-corrected chi connectivity index (χ4v) is 1.47. The van der Waals surface area contributed by atoms with Gasteiger partial charge in [0.25, 0.3) is 0 Å². The number of rotatable bonds is 9. The Hall–Kier alpha value is -0.610. The van der Waals surface area contributed by atoms with E-state index in [0.717, 1.165) is 13.0 Å². The van der Waals surface area contributed by atoms with Crippen LogP contribution in [0.5, 0.6) is 0 Å². The Morgan fingerprint density at radius 3 is 2.35 bits per heavy atom.